The van der Waals surface area contributed by atoms with E-state index in [1.165, 1.54) is 4.41 Å². The van der Waals surface area contributed by atoms with E-state index in [0.29, 0.717) is 0 Å². The summed E-state index contributed by atoms with van der Waals surface area (Å²) >= 11 is -1.46. The molecule has 0 aromatic heterocycles. The van der Waals surface area contributed by atoms with E-state index in [1.54, 1.807) is 0 Å². The number of hydrogen-bond donors (Lipinski definition) is 0. The van der Waals surface area contributed by atoms with Crippen molar-refractivity contribution in [3.8, 4) is 0 Å². The standard InChI is InChI=1S/C8H13Ge.3C3H8N.Zr/c1-9(2,3)8-6-4-5-7-8;3*1-3(2)4;/h4,6H,5H2,1-3H3;3*3-4H,1-2H3;/q4*-1;+4. The summed E-state index contributed by atoms with van der Waals surface area (Å²) in [4.78, 5) is 0. The number of rotatable bonds is 1. The molecule has 1 rings (SSSR count). The van der Waals surface area contributed by atoms with Gasteiger partial charge in [0.15, 0.2) is 0 Å². The zero-order valence-corrected chi connectivity index (χ0v) is 20.6. The second kappa shape index (κ2) is 18.1. The molecule has 0 amide bonds. The van der Waals surface area contributed by atoms with Crippen LogP contribution in [0.1, 0.15) is 48.0 Å². The summed E-state index contributed by atoms with van der Waals surface area (Å²) in [5.41, 5.74) is 19.8. The van der Waals surface area contributed by atoms with Gasteiger partial charge in [0.2, 0.25) is 0 Å². The fourth-order valence-electron chi connectivity index (χ4n) is 0.920. The van der Waals surface area contributed by atoms with Crippen molar-refractivity contribution in [2.75, 3.05) is 0 Å². The first-order chi connectivity index (χ1) is 9.30. The third-order valence-electron chi connectivity index (χ3n) is 1.50. The van der Waals surface area contributed by atoms with Crippen LogP contribution in [-0.2, 0) is 26.2 Å². The van der Waals surface area contributed by atoms with E-state index in [9.17, 15) is 0 Å². The summed E-state index contributed by atoms with van der Waals surface area (Å²) in [6.45, 7) is 11.0. The smallest absolute Gasteiger partial charge is 4.00 e. The predicted octanol–water partition coefficient (Wildman–Crippen LogP) is 6.89. The van der Waals surface area contributed by atoms with E-state index in [-0.39, 0.29) is 44.3 Å². The van der Waals surface area contributed by atoms with Gasteiger partial charge in [0.1, 0.15) is 0 Å². The molecular formula is C17H37GeN3Zr. The van der Waals surface area contributed by atoms with Crippen LogP contribution < -0.4 is 0 Å². The molecule has 0 spiro atoms. The Morgan fingerprint density at radius 2 is 1.14 bits per heavy atom. The minimum Gasteiger partial charge on any atom is 4.00 e. The Bertz CT molecular complexity index is 258. The molecule has 3 N–H and O–H groups in total. The Kier molecular flexibility index (Phi) is 25.3. The molecule has 3 nitrogen and oxygen atoms in total. The van der Waals surface area contributed by atoms with Gasteiger partial charge in [-0.15, -0.1) is 18.1 Å². The Labute approximate surface area is 162 Å². The van der Waals surface area contributed by atoms with Crippen molar-refractivity contribution < 1.29 is 26.2 Å². The normalized spacial score (nSPS) is 12.4. The zero-order chi connectivity index (χ0) is 17.6. The second-order valence-electron chi connectivity index (χ2n) is 6.91. The third kappa shape index (κ3) is 42.8. The van der Waals surface area contributed by atoms with E-state index >= 15 is 0 Å². The second-order valence-corrected chi connectivity index (χ2v) is 17.5. The molecule has 1 aliphatic rings. The Morgan fingerprint density at radius 3 is 1.23 bits per heavy atom. The minimum atomic E-state index is -1.46. The summed E-state index contributed by atoms with van der Waals surface area (Å²) in [5, 5.41) is 0. The van der Waals surface area contributed by atoms with Crippen molar-refractivity contribution in [2.24, 2.45) is 0 Å². The first kappa shape index (κ1) is 30.6. The maximum atomic E-state index is 6.58. The molecule has 0 aromatic rings. The summed E-state index contributed by atoms with van der Waals surface area (Å²) < 4.78 is 1.54. The fourth-order valence-corrected chi connectivity index (χ4v) is 3.54. The molecule has 0 saturated carbocycles. The average molecular weight is 447 g/mol. The van der Waals surface area contributed by atoms with Gasteiger partial charge in [-0.05, 0) is 0 Å². The summed E-state index contributed by atoms with van der Waals surface area (Å²) in [5.74, 6) is 7.20. The maximum Gasteiger partial charge on any atom is 4.00 e. The number of hydrogen-bond acceptors (Lipinski definition) is 0. The molecule has 0 unspecified atom stereocenters. The van der Waals surface area contributed by atoms with Crippen molar-refractivity contribution in [3.05, 3.63) is 39.8 Å². The topological polar surface area (TPSA) is 71.4 Å². The molecule has 0 saturated heterocycles. The Balaban J connectivity index is -0.000000107. The van der Waals surface area contributed by atoms with Crippen LogP contribution in [0, 0.1) is 6.08 Å². The molecule has 128 valence electrons. The Morgan fingerprint density at radius 1 is 0.864 bits per heavy atom. The van der Waals surface area contributed by atoms with Crippen LogP contribution >= 0.6 is 0 Å². The van der Waals surface area contributed by atoms with E-state index in [2.05, 4.69) is 35.5 Å². The van der Waals surface area contributed by atoms with Gasteiger partial charge >= 0.3 is 85.8 Å². The van der Waals surface area contributed by atoms with Crippen molar-refractivity contribution in [2.45, 2.75) is 83.4 Å². The van der Waals surface area contributed by atoms with Gasteiger partial charge in [-0.1, -0.05) is 41.5 Å². The Hall–Kier alpha value is 0.786. The molecule has 0 radical (unpaired) electrons. The van der Waals surface area contributed by atoms with Crippen LogP contribution in [-0.4, -0.2) is 31.4 Å². The van der Waals surface area contributed by atoms with Crippen molar-refractivity contribution in [1.82, 2.24) is 0 Å². The largest absolute Gasteiger partial charge is 4.00 e. The van der Waals surface area contributed by atoms with Crippen LogP contribution in [0.25, 0.3) is 17.2 Å². The molecule has 22 heavy (non-hydrogen) atoms. The van der Waals surface area contributed by atoms with Crippen LogP contribution in [0.3, 0.4) is 0 Å². The predicted molar refractivity (Wildman–Crippen MR) is 102 cm³/mol. The quantitative estimate of drug-likeness (QED) is 0.310. The average Bonchev–Trinajstić information content (AvgIpc) is 2.64. The molecule has 0 aromatic carbocycles. The third-order valence-corrected chi connectivity index (χ3v) is 5.61. The zero-order valence-electron chi connectivity index (χ0n) is 16.1. The monoisotopic (exact) mass is 447 g/mol. The van der Waals surface area contributed by atoms with Gasteiger partial charge < -0.3 is 17.2 Å². The molecular weight excluding hydrogens is 410 g/mol. The van der Waals surface area contributed by atoms with E-state index in [1.807, 2.05) is 41.5 Å². The van der Waals surface area contributed by atoms with Gasteiger partial charge in [-0.2, -0.15) is 0 Å². The molecule has 0 fully saturated rings. The molecule has 0 aliphatic heterocycles. The van der Waals surface area contributed by atoms with Crippen LogP contribution in [0.5, 0.6) is 0 Å². The summed E-state index contributed by atoms with van der Waals surface area (Å²) in [6, 6.07) is 0.250. The number of allylic oxidation sites excluding steroid dienone is 4. The molecule has 5 heteroatoms. The van der Waals surface area contributed by atoms with Crippen molar-refractivity contribution in [3.63, 3.8) is 0 Å². The first-order valence-corrected chi connectivity index (χ1v) is 15.1. The molecule has 1 aliphatic carbocycles. The van der Waals surface area contributed by atoms with Gasteiger partial charge in [0.25, 0.3) is 0 Å². The van der Waals surface area contributed by atoms with Gasteiger partial charge in [-0.25, -0.2) is 0 Å². The van der Waals surface area contributed by atoms with Crippen molar-refractivity contribution >= 4 is 13.3 Å². The van der Waals surface area contributed by atoms with Gasteiger partial charge in [0.05, 0.1) is 0 Å². The van der Waals surface area contributed by atoms with Crippen LogP contribution in [0.2, 0.25) is 17.3 Å². The minimum absolute atomic E-state index is 0. The SMILES string of the molecule is CC(C)[NH-].CC(C)[NH-].CC(C)[NH-].[CH3][Ge]([CH3])([CH3])[C]1=[C-]CC=C1.[Zr+4]. The first-order valence-electron chi connectivity index (χ1n) is 7.71. The van der Waals surface area contributed by atoms with Crippen LogP contribution in [0.4, 0.5) is 0 Å². The maximum absolute atomic E-state index is 6.58. The van der Waals surface area contributed by atoms with E-state index in [0.717, 1.165) is 6.42 Å². The van der Waals surface area contributed by atoms with Gasteiger partial charge in [-0.3, -0.25) is 0 Å². The summed E-state index contributed by atoms with van der Waals surface area (Å²) in [6.07, 6.45) is 8.89. The van der Waals surface area contributed by atoms with E-state index in [4.69, 9.17) is 17.2 Å². The molecule has 0 heterocycles. The van der Waals surface area contributed by atoms with E-state index < -0.39 is 13.3 Å². The molecule has 0 atom stereocenters. The summed E-state index contributed by atoms with van der Waals surface area (Å²) in [7, 11) is 0. The number of nitrogens with one attached hydrogen (secondary N) is 3. The fraction of sp³-hybridized carbons (Fsp3) is 0.765. The van der Waals surface area contributed by atoms with Crippen LogP contribution in [0.15, 0.2) is 16.6 Å². The van der Waals surface area contributed by atoms with Crippen molar-refractivity contribution in [1.29, 1.82) is 0 Å². The molecule has 0 bridgehead atoms. The van der Waals surface area contributed by atoms with Gasteiger partial charge in [0, 0.05) is 0 Å².